The van der Waals surface area contributed by atoms with Gasteiger partial charge in [0.1, 0.15) is 17.5 Å². The van der Waals surface area contributed by atoms with Gasteiger partial charge in [-0.05, 0) is 44.4 Å². The van der Waals surface area contributed by atoms with Gasteiger partial charge in [-0.2, -0.15) is 0 Å². The Hall–Kier alpha value is -2.70. The number of aryl methyl sites for hydroxylation is 2. The number of nitrogens with zero attached hydrogens (tertiary/aromatic N) is 4. The third kappa shape index (κ3) is 4.18. The number of aromatic nitrogens is 3. The minimum Gasteiger partial charge on any atom is -0.357 e. The average Bonchev–Trinajstić information content (AvgIpc) is 3.07. The number of carbonyl (C=O) groups excluding carboxylic acids is 1. The lowest BCUT2D eigenvalue weighted by molar-refractivity contribution is 0.251. The van der Waals surface area contributed by atoms with E-state index in [1.165, 1.54) is 12.8 Å². The van der Waals surface area contributed by atoms with Gasteiger partial charge in [0.25, 0.3) is 0 Å². The molecule has 0 aromatic carbocycles. The summed E-state index contributed by atoms with van der Waals surface area (Å²) in [7, 11) is 0. The van der Waals surface area contributed by atoms with Gasteiger partial charge in [0.05, 0.1) is 0 Å². The molecule has 126 valence electrons. The molecule has 3 rings (SSSR count). The summed E-state index contributed by atoms with van der Waals surface area (Å²) in [6, 6.07) is 5.40. The van der Waals surface area contributed by atoms with Gasteiger partial charge in [0, 0.05) is 37.6 Å². The molecular formula is C17H22N6O. The van der Waals surface area contributed by atoms with Crippen molar-refractivity contribution in [3.05, 3.63) is 41.5 Å². The molecule has 2 amide bonds. The monoisotopic (exact) mass is 326 g/mol. The highest BCUT2D eigenvalue weighted by molar-refractivity contribution is 5.88. The van der Waals surface area contributed by atoms with Crippen LogP contribution in [0.5, 0.6) is 0 Å². The van der Waals surface area contributed by atoms with Gasteiger partial charge in [0.15, 0.2) is 0 Å². The van der Waals surface area contributed by atoms with Crippen LogP contribution in [-0.2, 0) is 6.54 Å². The summed E-state index contributed by atoms with van der Waals surface area (Å²) < 4.78 is 0. The van der Waals surface area contributed by atoms with Crippen LogP contribution < -0.4 is 15.5 Å². The number of pyridine rings is 1. The quantitative estimate of drug-likeness (QED) is 0.901. The number of urea groups is 1. The van der Waals surface area contributed by atoms with Crippen molar-refractivity contribution in [2.24, 2.45) is 0 Å². The molecule has 1 aliphatic rings. The lowest BCUT2D eigenvalue weighted by Gasteiger charge is -2.17. The summed E-state index contributed by atoms with van der Waals surface area (Å²) in [5.41, 5.74) is 1.85. The van der Waals surface area contributed by atoms with Crippen molar-refractivity contribution in [2.75, 3.05) is 23.3 Å². The number of anilines is 2. The van der Waals surface area contributed by atoms with Crippen molar-refractivity contribution in [1.82, 2.24) is 20.3 Å². The van der Waals surface area contributed by atoms with Crippen LogP contribution in [-0.4, -0.2) is 34.1 Å². The number of carbonyl (C=O) groups is 1. The van der Waals surface area contributed by atoms with Gasteiger partial charge in [-0.1, -0.05) is 0 Å². The summed E-state index contributed by atoms with van der Waals surface area (Å²) >= 11 is 0. The van der Waals surface area contributed by atoms with Gasteiger partial charge in [-0.15, -0.1) is 0 Å². The van der Waals surface area contributed by atoms with Crippen LogP contribution in [0.2, 0.25) is 0 Å². The van der Waals surface area contributed by atoms with E-state index in [0.717, 1.165) is 30.2 Å². The molecule has 0 radical (unpaired) electrons. The highest BCUT2D eigenvalue weighted by atomic mass is 16.2. The first-order valence-corrected chi connectivity index (χ1v) is 8.17. The smallest absolute Gasteiger partial charge is 0.320 e. The van der Waals surface area contributed by atoms with E-state index in [-0.39, 0.29) is 6.03 Å². The molecule has 0 bridgehead atoms. The lowest BCUT2D eigenvalue weighted by atomic mass is 10.2. The molecule has 2 N–H and O–H groups in total. The van der Waals surface area contributed by atoms with E-state index in [2.05, 4.69) is 30.5 Å². The molecule has 2 aromatic heterocycles. The predicted molar refractivity (Wildman–Crippen MR) is 93.0 cm³/mol. The van der Waals surface area contributed by atoms with E-state index in [9.17, 15) is 4.79 Å². The summed E-state index contributed by atoms with van der Waals surface area (Å²) in [5.74, 6) is 2.12. The van der Waals surface area contributed by atoms with Crippen molar-refractivity contribution >= 4 is 17.7 Å². The molecule has 0 aliphatic carbocycles. The number of rotatable bonds is 4. The Morgan fingerprint density at radius 3 is 2.75 bits per heavy atom. The van der Waals surface area contributed by atoms with E-state index < -0.39 is 0 Å². The van der Waals surface area contributed by atoms with Gasteiger partial charge in [0.2, 0.25) is 0 Å². The van der Waals surface area contributed by atoms with Gasteiger partial charge in [-0.25, -0.2) is 19.7 Å². The lowest BCUT2D eigenvalue weighted by Crippen LogP contribution is -2.29. The van der Waals surface area contributed by atoms with E-state index in [1.54, 1.807) is 19.2 Å². The SMILES string of the molecule is Cc1cc(NC(=O)NCc2ccnc(N3CCCC3)c2)nc(C)n1. The molecule has 0 spiro atoms. The Morgan fingerprint density at radius 2 is 2.00 bits per heavy atom. The Labute approximate surface area is 141 Å². The van der Waals surface area contributed by atoms with Crippen molar-refractivity contribution in [3.8, 4) is 0 Å². The topological polar surface area (TPSA) is 83.0 Å². The minimum atomic E-state index is -0.285. The summed E-state index contributed by atoms with van der Waals surface area (Å²) in [6.07, 6.45) is 4.22. The zero-order chi connectivity index (χ0) is 16.9. The normalized spacial score (nSPS) is 13.8. The highest BCUT2D eigenvalue weighted by Crippen LogP contribution is 2.18. The number of nitrogens with one attached hydrogen (secondary N) is 2. The molecule has 24 heavy (non-hydrogen) atoms. The van der Waals surface area contributed by atoms with Crippen LogP contribution in [0.3, 0.4) is 0 Å². The van der Waals surface area contributed by atoms with Gasteiger partial charge in [-0.3, -0.25) is 5.32 Å². The first kappa shape index (κ1) is 16.2. The van der Waals surface area contributed by atoms with E-state index in [1.807, 2.05) is 19.1 Å². The van der Waals surface area contributed by atoms with Crippen LogP contribution in [0.25, 0.3) is 0 Å². The second-order valence-corrected chi connectivity index (χ2v) is 5.97. The molecule has 0 saturated carbocycles. The standard InChI is InChI=1S/C17H22N6O/c1-12-9-15(21-13(2)20-12)22-17(24)19-11-14-5-6-18-16(10-14)23-7-3-4-8-23/h5-6,9-10H,3-4,7-8,11H2,1-2H3,(H2,19,20,21,22,24). The van der Waals surface area contributed by atoms with Crippen LogP contribution in [0.4, 0.5) is 16.4 Å². The Bertz CT molecular complexity index is 707. The number of hydrogen-bond acceptors (Lipinski definition) is 5. The van der Waals surface area contributed by atoms with Crippen molar-refractivity contribution < 1.29 is 4.79 Å². The number of amides is 2. The first-order chi connectivity index (χ1) is 11.6. The van der Waals surface area contributed by atoms with Crippen LogP contribution in [0.15, 0.2) is 24.4 Å². The Morgan fingerprint density at radius 1 is 1.21 bits per heavy atom. The minimum absolute atomic E-state index is 0.285. The zero-order valence-electron chi connectivity index (χ0n) is 14.0. The molecule has 3 heterocycles. The molecule has 0 unspecified atom stereocenters. The predicted octanol–water partition coefficient (Wildman–Crippen LogP) is 2.41. The molecule has 0 atom stereocenters. The molecule has 1 aliphatic heterocycles. The van der Waals surface area contributed by atoms with Crippen molar-refractivity contribution in [1.29, 1.82) is 0 Å². The maximum Gasteiger partial charge on any atom is 0.320 e. The van der Waals surface area contributed by atoms with Gasteiger partial charge >= 0.3 is 6.03 Å². The Kier molecular flexibility index (Phi) is 4.88. The van der Waals surface area contributed by atoms with Crippen LogP contribution >= 0.6 is 0 Å². The fourth-order valence-corrected chi connectivity index (χ4v) is 2.81. The Balaban J connectivity index is 1.57. The zero-order valence-corrected chi connectivity index (χ0v) is 14.0. The molecule has 1 fully saturated rings. The largest absolute Gasteiger partial charge is 0.357 e. The second-order valence-electron chi connectivity index (χ2n) is 5.97. The molecule has 2 aromatic rings. The second kappa shape index (κ2) is 7.25. The fraction of sp³-hybridized carbons (Fsp3) is 0.412. The van der Waals surface area contributed by atoms with Gasteiger partial charge < -0.3 is 10.2 Å². The number of hydrogen-bond donors (Lipinski definition) is 2. The summed E-state index contributed by atoms with van der Waals surface area (Å²) in [4.78, 5) is 27.1. The van der Waals surface area contributed by atoms with Crippen LogP contribution in [0.1, 0.15) is 29.9 Å². The fourth-order valence-electron chi connectivity index (χ4n) is 2.81. The van der Waals surface area contributed by atoms with Crippen LogP contribution in [0, 0.1) is 13.8 Å². The summed E-state index contributed by atoms with van der Waals surface area (Å²) in [6.45, 7) is 6.22. The maximum absolute atomic E-state index is 12.0. The van der Waals surface area contributed by atoms with Crippen molar-refractivity contribution in [3.63, 3.8) is 0 Å². The third-order valence-corrected chi connectivity index (χ3v) is 3.90. The molecular weight excluding hydrogens is 304 g/mol. The highest BCUT2D eigenvalue weighted by Gasteiger charge is 2.13. The van der Waals surface area contributed by atoms with Crippen molar-refractivity contribution in [2.45, 2.75) is 33.2 Å². The van der Waals surface area contributed by atoms with E-state index >= 15 is 0 Å². The maximum atomic E-state index is 12.0. The molecule has 7 heteroatoms. The van der Waals surface area contributed by atoms with E-state index in [0.29, 0.717) is 18.2 Å². The summed E-state index contributed by atoms with van der Waals surface area (Å²) in [5, 5.41) is 5.58. The van der Waals surface area contributed by atoms with E-state index in [4.69, 9.17) is 0 Å². The molecule has 1 saturated heterocycles. The average molecular weight is 326 g/mol. The molecule has 7 nitrogen and oxygen atoms in total. The third-order valence-electron chi connectivity index (χ3n) is 3.90. The first-order valence-electron chi connectivity index (χ1n) is 8.17.